The predicted molar refractivity (Wildman–Crippen MR) is 212 cm³/mol. The first-order chi connectivity index (χ1) is 27.8. The topological polar surface area (TPSA) is 216 Å². The van der Waals surface area contributed by atoms with Crippen molar-refractivity contribution in [2.75, 3.05) is 38.9 Å². The van der Waals surface area contributed by atoms with Gasteiger partial charge in [-0.2, -0.15) is 0 Å². The number of hydrogen-bond acceptors (Lipinski definition) is 15. The monoisotopic (exact) mass is 900 g/mol. The van der Waals surface area contributed by atoms with Crippen molar-refractivity contribution in [3.05, 3.63) is 46.3 Å². The third-order valence-electron chi connectivity index (χ3n) is 8.82. The molecular weight excluding hydrogens is 850 g/mol. The molecule has 2 fully saturated rings. The summed E-state index contributed by atoms with van der Waals surface area (Å²) in [6.45, 7) is 6.93. The summed E-state index contributed by atoms with van der Waals surface area (Å²) in [6.07, 6.45) is -7.56. The fraction of sp³-hybridized carbons (Fsp3) is 0.730. The van der Waals surface area contributed by atoms with E-state index in [-0.39, 0.29) is 25.4 Å². The van der Waals surface area contributed by atoms with Crippen molar-refractivity contribution in [1.29, 1.82) is 5.41 Å². The number of carbonyl (C=O) groups is 3. The van der Waals surface area contributed by atoms with Crippen LogP contribution in [0.5, 0.6) is 0 Å². The van der Waals surface area contributed by atoms with E-state index in [0.29, 0.717) is 32.3 Å². The maximum Gasteiger partial charge on any atom is 0.338 e. The van der Waals surface area contributed by atoms with Gasteiger partial charge in [-0.05, 0) is 36.9 Å². The molecule has 1 N–H and O–H groups in total. The van der Waals surface area contributed by atoms with Crippen LogP contribution in [0.3, 0.4) is 0 Å². The minimum atomic E-state index is -2.37. The van der Waals surface area contributed by atoms with E-state index in [9.17, 15) is 19.9 Å². The molecule has 2 heterocycles. The molecule has 2 saturated heterocycles. The number of alkyl halides is 4. The summed E-state index contributed by atoms with van der Waals surface area (Å²) >= 11 is 23.7. The molecule has 0 aliphatic carbocycles. The van der Waals surface area contributed by atoms with Gasteiger partial charge < -0.3 is 47.4 Å². The fourth-order valence-corrected chi connectivity index (χ4v) is 6.12. The molecule has 2 aliphatic heterocycles. The summed E-state index contributed by atoms with van der Waals surface area (Å²) in [7, 11) is 0. The molecule has 2 aliphatic rings. The van der Waals surface area contributed by atoms with Crippen LogP contribution >= 0.6 is 46.4 Å². The van der Waals surface area contributed by atoms with Gasteiger partial charge in [0.15, 0.2) is 12.4 Å². The van der Waals surface area contributed by atoms with Crippen molar-refractivity contribution in [3.8, 4) is 0 Å². The zero-order valence-electron chi connectivity index (χ0n) is 32.8. The minimum Gasteiger partial charge on any atom is -0.463 e. The molecule has 0 amide bonds. The second-order valence-corrected chi connectivity index (χ2v) is 15.8. The molecule has 58 heavy (non-hydrogen) atoms. The van der Waals surface area contributed by atoms with Crippen LogP contribution in [-0.4, -0.2) is 128 Å². The lowest BCUT2D eigenvalue weighted by atomic mass is 9.95. The van der Waals surface area contributed by atoms with E-state index in [4.69, 9.17) is 99.2 Å². The predicted octanol–water partition coefficient (Wildman–Crippen LogP) is 6.99. The number of esters is 3. The van der Waals surface area contributed by atoms with Crippen LogP contribution < -0.4 is 0 Å². The van der Waals surface area contributed by atoms with Crippen LogP contribution in [0.4, 0.5) is 0 Å². The highest BCUT2D eigenvalue weighted by Gasteiger charge is 2.56. The van der Waals surface area contributed by atoms with E-state index in [1.165, 1.54) is 19.1 Å². The highest BCUT2D eigenvalue weighted by atomic mass is 35.6. The van der Waals surface area contributed by atoms with E-state index in [1.54, 1.807) is 18.2 Å². The summed E-state index contributed by atoms with van der Waals surface area (Å²) < 4.78 is 58.5. The molecule has 10 atom stereocenters. The fourth-order valence-electron chi connectivity index (χ4n) is 5.91. The number of unbranched alkanes of at least 4 members (excludes halogenated alkanes) is 3. The van der Waals surface area contributed by atoms with Crippen molar-refractivity contribution >= 4 is 70.2 Å². The van der Waals surface area contributed by atoms with Gasteiger partial charge in [0.25, 0.3) is 3.79 Å². The van der Waals surface area contributed by atoms with Gasteiger partial charge in [0.05, 0.1) is 11.7 Å². The van der Waals surface area contributed by atoms with Crippen LogP contribution in [0.2, 0.25) is 0 Å². The molecule has 17 nitrogen and oxygen atoms in total. The number of benzene rings is 1. The Morgan fingerprint density at radius 3 is 1.90 bits per heavy atom. The van der Waals surface area contributed by atoms with Gasteiger partial charge in [-0.1, -0.05) is 98.1 Å². The highest BCUT2D eigenvalue weighted by molar-refractivity contribution is 6.76. The largest absolute Gasteiger partial charge is 0.463 e. The van der Waals surface area contributed by atoms with E-state index < -0.39 is 101 Å². The third kappa shape index (κ3) is 15.4. The van der Waals surface area contributed by atoms with Crippen molar-refractivity contribution in [3.63, 3.8) is 0 Å². The molecular formula is C37H52Cl4N4O13. The molecule has 10 unspecified atom stereocenters. The first-order valence-electron chi connectivity index (χ1n) is 19.1. The molecule has 0 bridgehead atoms. The molecule has 326 valence electrons. The van der Waals surface area contributed by atoms with Gasteiger partial charge in [0.2, 0.25) is 12.2 Å². The van der Waals surface area contributed by atoms with Crippen molar-refractivity contribution in [2.24, 2.45) is 5.11 Å². The van der Waals surface area contributed by atoms with Gasteiger partial charge in [-0.3, -0.25) is 15.0 Å². The Bertz CT molecular complexity index is 1490. The van der Waals surface area contributed by atoms with E-state index in [0.717, 1.165) is 12.8 Å². The van der Waals surface area contributed by atoms with E-state index >= 15 is 0 Å². The Kier molecular flexibility index (Phi) is 22.1. The Balaban J connectivity index is 2.20. The molecule has 1 aromatic carbocycles. The Hall–Kier alpha value is -2.67. The van der Waals surface area contributed by atoms with Gasteiger partial charge >= 0.3 is 17.9 Å². The number of azide groups is 1. The van der Waals surface area contributed by atoms with Crippen molar-refractivity contribution < 1.29 is 61.8 Å². The first kappa shape index (κ1) is 49.7. The summed E-state index contributed by atoms with van der Waals surface area (Å²) in [4.78, 5) is 41.2. The molecule has 0 saturated carbocycles. The minimum absolute atomic E-state index is 0.0830. The zero-order chi connectivity index (χ0) is 42.7. The number of rotatable bonds is 23. The lowest BCUT2D eigenvalue weighted by Crippen LogP contribution is -2.66. The molecule has 0 aromatic heterocycles. The zero-order valence-corrected chi connectivity index (χ0v) is 35.8. The number of carbonyl (C=O) groups excluding carboxylic acids is 3. The number of halogens is 4. The first-order valence-corrected chi connectivity index (χ1v) is 20.7. The van der Waals surface area contributed by atoms with Crippen LogP contribution in [-0.2, 0) is 57.0 Å². The number of nitrogens with zero attached hydrogens (tertiary/aromatic N) is 3. The summed E-state index contributed by atoms with van der Waals surface area (Å²) in [5.41, 5.74) is 10.0. The van der Waals surface area contributed by atoms with Crippen molar-refractivity contribution in [2.45, 2.75) is 131 Å². The Morgan fingerprint density at radius 1 is 0.793 bits per heavy atom. The average Bonchev–Trinajstić information content (AvgIpc) is 3.19. The summed E-state index contributed by atoms with van der Waals surface area (Å²) in [5, 5.41) is 12.4. The average molecular weight is 903 g/mol. The number of ether oxygens (including phenoxy) is 10. The van der Waals surface area contributed by atoms with Crippen LogP contribution in [0.25, 0.3) is 10.4 Å². The van der Waals surface area contributed by atoms with Crippen molar-refractivity contribution in [1.82, 2.24) is 0 Å². The van der Waals surface area contributed by atoms with Gasteiger partial charge in [0, 0.05) is 31.7 Å². The summed E-state index contributed by atoms with van der Waals surface area (Å²) in [6, 6.07) is 6.76. The molecule has 3 rings (SSSR count). The van der Waals surface area contributed by atoms with Crippen LogP contribution in [0.15, 0.2) is 35.4 Å². The molecule has 1 aromatic rings. The third-order valence-corrected chi connectivity index (χ3v) is 9.55. The highest BCUT2D eigenvalue weighted by Crippen LogP contribution is 2.37. The normalized spacial score (nSPS) is 27.2. The molecule has 0 radical (unpaired) electrons. The molecule has 0 spiro atoms. The lowest BCUT2D eigenvalue weighted by molar-refractivity contribution is -0.345. The van der Waals surface area contributed by atoms with E-state index in [1.807, 2.05) is 20.8 Å². The van der Waals surface area contributed by atoms with Gasteiger partial charge in [-0.15, -0.1) is 11.6 Å². The number of hydrogen-bond donors (Lipinski definition) is 1. The Morgan fingerprint density at radius 2 is 1.34 bits per heavy atom. The van der Waals surface area contributed by atoms with Crippen LogP contribution in [0, 0.1) is 5.41 Å². The summed E-state index contributed by atoms with van der Waals surface area (Å²) in [5.74, 6) is -3.65. The number of nitrogens with one attached hydrogen (secondary N) is 1. The second kappa shape index (κ2) is 25.8. The SMILES string of the molecule is CCCCOC1C(COC(C)=O)OC(OC2C(COC(=O)CCl)OC(OC(=N)C(Cl)(Cl)Cl)C(OC(=O)c3ccccc3)C2OCCCC)C(N=[N+]=[N-])C1OCCCC. The van der Waals surface area contributed by atoms with Crippen LogP contribution in [0.1, 0.15) is 76.6 Å². The maximum absolute atomic E-state index is 13.7. The second-order valence-electron chi connectivity index (χ2n) is 13.2. The molecule has 21 heteroatoms. The van der Waals surface area contributed by atoms with Gasteiger partial charge in [-0.25, -0.2) is 4.79 Å². The quantitative estimate of drug-likeness (QED) is 0.0135. The van der Waals surface area contributed by atoms with E-state index in [2.05, 4.69) is 10.0 Å². The maximum atomic E-state index is 13.7. The standard InChI is InChI=1S/C37H52Cl4N4O13/c1-5-8-16-49-28-24(20-52-22(4)46)54-34(27(44-45-43)30(28)50-17-9-6-2)57-29-25(21-53-26(47)19-38)55-35(58-36(42)37(39,40)41)32(31(29)51-18-10-7-3)56-33(48)23-14-12-11-13-15-23/h11-15,24-25,27-32,34-35,42H,5-10,16-21H2,1-4H3. The lowest BCUT2D eigenvalue weighted by Gasteiger charge is -2.49. The van der Waals surface area contributed by atoms with Gasteiger partial charge in [0.1, 0.15) is 55.7 Å². The Labute approximate surface area is 357 Å². The smallest absolute Gasteiger partial charge is 0.338 e.